The average molecular weight is 520 g/mol. The molecule has 0 saturated heterocycles. The number of amides is 3. The van der Waals surface area contributed by atoms with E-state index in [9.17, 15) is 33.9 Å². The van der Waals surface area contributed by atoms with Crippen molar-refractivity contribution >= 4 is 35.3 Å². The molecule has 0 bridgehead atoms. The number of rotatable bonds is 13. The van der Waals surface area contributed by atoms with Crippen molar-refractivity contribution in [1.29, 1.82) is 0 Å². The van der Waals surface area contributed by atoms with Gasteiger partial charge in [0.2, 0.25) is 17.7 Å². The average Bonchev–Trinajstić information content (AvgIpc) is 2.78. The maximum atomic E-state index is 13.0. The van der Waals surface area contributed by atoms with Crippen molar-refractivity contribution in [3.05, 3.63) is 29.3 Å². The highest BCUT2D eigenvalue weighted by molar-refractivity contribution is 5.97. The van der Waals surface area contributed by atoms with E-state index in [0.717, 1.165) is 0 Å². The van der Waals surface area contributed by atoms with E-state index in [1.807, 2.05) is 0 Å². The van der Waals surface area contributed by atoms with E-state index in [1.165, 1.54) is 14.0 Å². The summed E-state index contributed by atoms with van der Waals surface area (Å²) in [7, 11) is 1.43. The van der Waals surface area contributed by atoms with Gasteiger partial charge < -0.3 is 25.8 Å². The second-order valence-corrected chi connectivity index (χ2v) is 10.1. The minimum Gasteiger partial charge on any atom is -0.496 e. The smallest absolute Gasteiger partial charge is 0.305 e. The number of aliphatic carboxylic acids is 1. The lowest BCUT2D eigenvalue weighted by molar-refractivity contribution is -0.140. The Balaban J connectivity index is 2.99. The molecule has 204 valence electrons. The van der Waals surface area contributed by atoms with E-state index in [4.69, 9.17) is 4.74 Å². The van der Waals surface area contributed by atoms with Gasteiger partial charge in [-0.15, -0.1) is 0 Å². The number of ketones is 2. The van der Waals surface area contributed by atoms with Crippen molar-refractivity contribution in [1.82, 2.24) is 16.0 Å². The fourth-order valence-electron chi connectivity index (χ4n) is 3.31. The van der Waals surface area contributed by atoms with E-state index in [1.54, 1.807) is 52.8 Å². The third kappa shape index (κ3) is 10.0. The normalized spacial score (nSPS) is 12.8. The summed E-state index contributed by atoms with van der Waals surface area (Å²) < 4.78 is 5.26. The molecule has 0 saturated carbocycles. The number of carbonyl (C=O) groups excluding carboxylic acids is 5. The van der Waals surface area contributed by atoms with Crippen molar-refractivity contribution in [2.24, 2.45) is 11.3 Å². The minimum absolute atomic E-state index is 0.183. The van der Waals surface area contributed by atoms with Crippen LogP contribution in [-0.2, 0) is 30.4 Å². The predicted molar refractivity (Wildman–Crippen MR) is 135 cm³/mol. The first-order valence-corrected chi connectivity index (χ1v) is 11.9. The third-order valence-corrected chi connectivity index (χ3v) is 5.49. The number of carboxylic acids is 1. The Morgan fingerprint density at radius 2 is 1.65 bits per heavy atom. The molecule has 0 spiro atoms. The van der Waals surface area contributed by atoms with E-state index < -0.39 is 65.9 Å². The molecule has 1 aromatic rings. The Bertz CT molecular complexity index is 1040. The molecule has 0 unspecified atom stereocenters. The van der Waals surface area contributed by atoms with Gasteiger partial charge in [0.25, 0.3) is 0 Å². The van der Waals surface area contributed by atoms with Gasteiger partial charge in [-0.2, -0.15) is 0 Å². The number of ether oxygens (including phenoxy) is 1. The quantitative estimate of drug-likeness (QED) is 0.283. The summed E-state index contributed by atoms with van der Waals surface area (Å²) in [5, 5.41) is 16.7. The second kappa shape index (κ2) is 13.5. The van der Waals surface area contributed by atoms with Crippen LogP contribution < -0.4 is 20.7 Å². The molecule has 0 aromatic heterocycles. The molecule has 0 radical (unpaired) electrons. The Labute approximate surface area is 216 Å². The number of carboxylic acid groups (broad SMARTS) is 1. The fourth-order valence-corrected chi connectivity index (χ4v) is 3.31. The van der Waals surface area contributed by atoms with Gasteiger partial charge in [0.15, 0.2) is 11.6 Å². The highest BCUT2D eigenvalue weighted by Gasteiger charge is 2.31. The monoisotopic (exact) mass is 519 g/mol. The summed E-state index contributed by atoms with van der Waals surface area (Å²) in [6.45, 7) is 9.27. The Morgan fingerprint density at radius 1 is 1.03 bits per heavy atom. The van der Waals surface area contributed by atoms with Gasteiger partial charge in [-0.05, 0) is 31.0 Å². The number of methoxy groups -OCH3 is 1. The van der Waals surface area contributed by atoms with Crippen molar-refractivity contribution in [2.45, 2.75) is 66.5 Å². The van der Waals surface area contributed by atoms with Crippen LogP contribution in [0, 0.1) is 11.3 Å². The van der Waals surface area contributed by atoms with Crippen LogP contribution in [0.3, 0.4) is 0 Å². The van der Waals surface area contributed by atoms with Crippen LogP contribution in [0.1, 0.15) is 63.9 Å². The first-order chi connectivity index (χ1) is 17.1. The lowest BCUT2D eigenvalue weighted by Gasteiger charge is -2.25. The lowest BCUT2D eigenvalue weighted by Crippen LogP contribution is -2.55. The molecule has 0 heterocycles. The maximum Gasteiger partial charge on any atom is 0.305 e. The maximum absolute atomic E-state index is 13.0. The molecule has 11 nitrogen and oxygen atoms in total. The van der Waals surface area contributed by atoms with Gasteiger partial charge >= 0.3 is 5.97 Å². The standard InChI is InChI=1S/C26H37N3O8/c1-14(2)23(29-21(32)11-17-10-16(15(3)30)8-9-20(17)37-7)24(35)28-18(12-22(33)34)19(31)13-27-25(36)26(4,5)6/h8-10,14,18,23H,11-13H2,1-7H3,(H,27,36)(H,28,35)(H,29,32)(H,33,34)/t18-,23-/m0/s1. The first kappa shape index (κ1) is 31.3. The first-order valence-electron chi connectivity index (χ1n) is 11.9. The van der Waals surface area contributed by atoms with E-state index >= 15 is 0 Å². The number of Topliss-reactive ketones (excluding diaryl/α,β-unsaturated/α-hetero) is 2. The fraction of sp³-hybridized carbons (Fsp3) is 0.538. The Morgan fingerprint density at radius 3 is 2.14 bits per heavy atom. The van der Waals surface area contributed by atoms with Gasteiger partial charge in [-0.25, -0.2) is 0 Å². The molecule has 3 amide bonds. The molecule has 0 aliphatic rings. The summed E-state index contributed by atoms with van der Waals surface area (Å²) in [4.78, 5) is 73.6. The van der Waals surface area contributed by atoms with E-state index in [0.29, 0.717) is 16.9 Å². The molecule has 0 aliphatic heterocycles. The molecule has 11 heteroatoms. The highest BCUT2D eigenvalue weighted by atomic mass is 16.5. The van der Waals surface area contributed by atoms with Crippen LogP contribution in [0.4, 0.5) is 0 Å². The SMILES string of the molecule is COc1ccc(C(C)=O)cc1CC(=O)N[C@H](C(=O)N[C@@H](CC(=O)O)C(=O)CNC(=O)C(C)(C)C)C(C)C. The second-order valence-electron chi connectivity index (χ2n) is 10.1. The van der Waals surface area contributed by atoms with Gasteiger partial charge in [0.05, 0.1) is 32.5 Å². The Hall–Kier alpha value is -3.76. The van der Waals surface area contributed by atoms with Crippen molar-refractivity contribution in [3.8, 4) is 5.75 Å². The van der Waals surface area contributed by atoms with Crippen molar-refractivity contribution in [3.63, 3.8) is 0 Å². The van der Waals surface area contributed by atoms with Gasteiger partial charge in [-0.3, -0.25) is 28.8 Å². The number of benzene rings is 1. The zero-order valence-corrected chi connectivity index (χ0v) is 22.4. The Kier molecular flexibility index (Phi) is 11.4. The zero-order valence-electron chi connectivity index (χ0n) is 22.4. The van der Waals surface area contributed by atoms with Crippen LogP contribution >= 0.6 is 0 Å². The number of hydrogen-bond acceptors (Lipinski definition) is 7. The molecule has 0 fully saturated rings. The van der Waals surface area contributed by atoms with Crippen LogP contribution in [0.25, 0.3) is 0 Å². The summed E-state index contributed by atoms with van der Waals surface area (Å²) in [6.07, 6.45) is -0.874. The molecule has 1 aromatic carbocycles. The van der Waals surface area contributed by atoms with Gasteiger partial charge in [-0.1, -0.05) is 34.6 Å². The number of nitrogens with one attached hydrogen (secondary N) is 3. The van der Waals surface area contributed by atoms with Crippen LogP contribution in [-0.4, -0.2) is 66.1 Å². The highest BCUT2D eigenvalue weighted by Crippen LogP contribution is 2.21. The summed E-state index contributed by atoms with van der Waals surface area (Å²) in [5.74, 6) is -3.88. The van der Waals surface area contributed by atoms with Crippen molar-refractivity contribution < 1.29 is 38.6 Å². The summed E-state index contributed by atoms with van der Waals surface area (Å²) in [5.41, 5.74) is 0.0883. The molecule has 37 heavy (non-hydrogen) atoms. The van der Waals surface area contributed by atoms with Crippen LogP contribution in [0.2, 0.25) is 0 Å². The van der Waals surface area contributed by atoms with E-state index in [2.05, 4.69) is 16.0 Å². The zero-order chi connectivity index (χ0) is 28.5. The minimum atomic E-state index is -1.41. The topological polar surface area (TPSA) is 168 Å². The molecular formula is C26H37N3O8. The molecular weight excluding hydrogens is 482 g/mol. The molecule has 4 N–H and O–H groups in total. The van der Waals surface area contributed by atoms with Crippen LogP contribution in [0.5, 0.6) is 5.75 Å². The van der Waals surface area contributed by atoms with Gasteiger partial charge in [0, 0.05) is 16.5 Å². The van der Waals surface area contributed by atoms with Crippen molar-refractivity contribution in [2.75, 3.05) is 13.7 Å². The summed E-state index contributed by atoms with van der Waals surface area (Å²) in [6, 6.07) is 2.21. The van der Waals surface area contributed by atoms with Crippen LogP contribution in [0.15, 0.2) is 18.2 Å². The molecule has 2 atom stereocenters. The van der Waals surface area contributed by atoms with Gasteiger partial charge in [0.1, 0.15) is 11.8 Å². The largest absolute Gasteiger partial charge is 0.496 e. The molecule has 1 rings (SSSR count). The number of hydrogen-bond donors (Lipinski definition) is 4. The lowest BCUT2D eigenvalue weighted by atomic mass is 9.95. The summed E-state index contributed by atoms with van der Waals surface area (Å²) >= 11 is 0. The predicted octanol–water partition coefficient (Wildman–Crippen LogP) is 1.27. The third-order valence-electron chi connectivity index (χ3n) is 5.49. The number of carbonyl (C=O) groups is 6. The van der Waals surface area contributed by atoms with E-state index in [-0.39, 0.29) is 12.2 Å². The molecule has 0 aliphatic carbocycles.